The second-order valence-electron chi connectivity index (χ2n) is 0.577. The molecule has 0 fully saturated rings. The van der Waals surface area contributed by atoms with E-state index >= 15 is 0 Å². The van der Waals surface area contributed by atoms with Crippen molar-refractivity contribution in [3.8, 4) is 0 Å². The molecule has 3 heteroatoms. The van der Waals surface area contributed by atoms with E-state index in [1.165, 1.54) is 0 Å². The quantitative estimate of drug-likeness (QED) is 0.435. The second kappa shape index (κ2) is 8.83. The summed E-state index contributed by atoms with van der Waals surface area (Å²) in [5.41, 5.74) is 9.81. The summed E-state index contributed by atoms with van der Waals surface area (Å²) >= 11 is 0. The van der Waals surface area contributed by atoms with Gasteiger partial charge in [-0.25, -0.2) is 0 Å². The summed E-state index contributed by atoms with van der Waals surface area (Å²) in [5, 5.41) is 0. The van der Waals surface area contributed by atoms with Crippen LogP contribution < -0.4 is 11.5 Å². The SMILES string of the molecule is NCCN.[Se]. The molecule has 5 heavy (non-hydrogen) atoms. The Morgan fingerprint density at radius 1 is 1.00 bits per heavy atom. The normalized spacial score (nSPS) is 6.00. The first kappa shape index (κ1) is 9.06. The molecule has 0 unspecified atom stereocenters. The standard InChI is InChI=1S/C2H8N2.Se/c3-1-2-4;/h1-4H2;. The Morgan fingerprint density at radius 3 is 1.20 bits per heavy atom. The average Bonchev–Trinajstić information content (AvgIpc) is 1.37. The molecule has 0 aromatic heterocycles. The van der Waals surface area contributed by atoms with Crippen molar-refractivity contribution >= 4 is 17.1 Å². The van der Waals surface area contributed by atoms with Crippen LogP contribution in [0.4, 0.5) is 0 Å². The van der Waals surface area contributed by atoms with Gasteiger partial charge in [0.05, 0.1) is 0 Å². The van der Waals surface area contributed by atoms with E-state index in [1.807, 2.05) is 0 Å². The van der Waals surface area contributed by atoms with Crippen molar-refractivity contribution < 1.29 is 0 Å². The van der Waals surface area contributed by atoms with Gasteiger partial charge in [0.1, 0.15) is 0 Å². The molecular weight excluding hydrogens is 131 g/mol. The van der Waals surface area contributed by atoms with Gasteiger partial charge in [0.15, 0.2) is 0 Å². The van der Waals surface area contributed by atoms with Gasteiger partial charge in [-0.15, -0.1) is 0 Å². The van der Waals surface area contributed by atoms with Crippen molar-refractivity contribution in [2.24, 2.45) is 11.5 Å². The Hall–Kier alpha value is 0.439. The first-order valence-electron chi connectivity index (χ1n) is 1.32. The van der Waals surface area contributed by atoms with Crippen molar-refractivity contribution in [3.63, 3.8) is 0 Å². The van der Waals surface area contributed by atoms with Gasteiger partial charge in [-0.1, -0.05) is 0 Å². The van der Waals surface area contributed by atoms with Crippen LogP contribution in [0.1, 0.15) is 0 Å². The Balaban J connectivity index is 0. The zero-order valence-corrected chi connectivity index (χ0v) is 4.69. The Bertz CT molecular complexity index is 9.61. The topological polar surface area (TPSA) is 52.0 Å². The van der Waals surface area contributed by atoms with Gasteiger partial charge in [0, 0.05) is 30.2 Å². The van der Waals surface area contributed by atoms with Crippen LogP contribution >= 0.6 is 0 Å². The van der Waals surface area contributed by atoms with Crippen LogP contribution in [-0.4, -0.2) is 30.2 Å². The molecule has 0 rings (SSSR count). The summed E-state index contributed by atoms with van der Waals surface area (Å²) in [6, 6.07) is 0. The van der Waals surface area contributed by atoms with E-state index in [-0.39, 0.29) is 17.1 Å². The van der Waals surface area contributed by atoms with Crippen LogP contribution in [0, 0.1) is 0 Å². The molecule has 0 atom stereocenters. The van der Waals surface area contributed by atoms with E-state index in [2.05, 4.69) is 0 Å². The van der Waals surface area contributed by atoms with Crippen LogP contribution in [0.3, 0.4) is 0 Å². The van der Waals surface area contributed by atoms with E-state index in [1.54, 1.807) is 0 Å². The summed E-state index contributed by atoms with van der Waals surface area (Å²) in [6.07, 6.45) is 0. The van der Waals surface area contributed by atoms with Gasteiger partial charge in [-0.2, -0.15) is 0 Å². The van der Waals surface area contributed by atoms with Crippen molar-refractivity contribution in [1.82, 2.24) is 0 Å². The van der Waals surface area contributed by atoms with Crippen LogP contribution in [0.2, 0.25) is 0 Å². The van der Waals surface area contributed by atoms with Gasteiger partial charge in [0.25, 0.3) is 0 Å². The minimum absolute atomic E-state index is 0. The zero-order valence-electron chi connectivity index (χ0n) is 2.98. The van der Waals surface area contributed by atoms with E-state index in [0.29, 0.717) is 13.1 Å². The van der Waals surface area contributed by atoms with Gasteiger partial charge in [-0.3, -0.25) is 0 Å². The third kappa shape index (κ3) is 12.8. The molecule has 0 aliphatic heterocycles. The monoisotopic (exact) mass is 140 g/mol. The number of nitrogens with two attached hydrogens (primary N) is 2. The Labute approximate surface area is 42.4 Å². The van der Waals surface area contributed by atoms with E-state index < -0.39 is 0 Å². The fourth-order valence-electron chi connectivity index (χ4n) is 0. The number of hydrogen-bond acceptors (Lipinski definition) is 2. The molecule has 0 heterocycles. The first-order valence-corrected chi connectivity index (χ1v) is 1.32. The smallest absolute Gasteiger partial charge is 0.00461 e. The van der Waals surface area contributed by atoms with Crippen molar-refractivity contribution in [1.29, 1.82) is 0 Å². The minimum atomic E-state index is 0. The predicted octanol–water partition coefficient (Wildman–Crippen LogP) is -1.48. The third-order valence-electron chi connectivity index (χ3n) is 0.167. The molecule has 0 aliphatic carbocycles. The summed E-state index contributed by atoms with van der Waals surface area (Å²) in [4.78, 5) is 0. The Kier molecular flexibility index (Phi) is 16.0. The van der Waals surface area contributed by atoms with Gasteiger partial charge in [0.2, 0.25) is 0 Å². The Morgan fingerprint density at radius 2 is 1.20 bits per heavy atom. The molecule has 0 amide bonds. The summed E-state index contributed by atoms with van der Waals surface area (Å²) < 4.78 is 0. The second-order valence-corrected chi connectivity index (χ2v) is 0.577. The molecule has 0 saturated heterocycles. The van der Waals surface area contributed by atoms with Crippen molar-refractivity contribution in [3.05, 3.63) is 0 Å². The van der Waals surface area contributed by atoms with Crippen LogP contribution in [0.5, 0.6) is 0 Å². The van der Waals surface area contributed by atoms with Crippen LogP contribution in [0.15, 0.2) is 0 Å². The van der Waals surface area contributed by atoms with Crippen LogP contribution in [-0.2, 0) is 0 Å². The molecule has 0 spiro atoms. The average molecular weight is 139 g/mol. The molecule has 0 aromatic rings. The van der Waals surface area contributed by atoms with Crippen LogP contribution in [0.25, 0.3) is 0 Å². The molecule has 0 bridgehead atoms. The predicted molar refractivity (Wildman–Crippen MR) is 23.9 cm³/mol. The number of hydrogen-bond donors (Lipinski definition) is 2. The van der Waals surface area contributed by atoms with E-state index in [0.717, 1.165) is 0 Å². The fraction of sp³-hybridized carbons (Fsp3) is 1.00. The van der Waals surface area contributed by atoms with Gasteiger partial charge in [-0.05, 0) is 0 Å². The van der Waals surface area contributed by atoms with Crippen molar-refractivity contribution in [2.75, 3.05) is 13.1 Å². The van der Waals surface area contributed by atoms with Gasteiger partial charge >= 0.3 is 0 Å². The maximum atomic E-state index is 4.90. The molecule has 4 N–H and O–H groups in total. The third-order valence-corrected chi connectivity index (χ3v) is 0.167. The molecular formula is C2H8N2Se. The summed E-state index contributed by atoms with van der Waals surface area (Å²) in [5.74, 6) is 0. The molecule has 2 nitrogen and oxygen atoms in total. The number of rotatable bonds is 1. The molecule has 0 aromatic carbocycles. The largest absolute Gasteiger partial charge is 0.329 e. The maximum Gasteiger partial charge on any atom is 0.00461 e. The van der Waals surface area contributed by atoms with E-state index in [9.17, 15) is 0 Å². The van der Waals surface area contributed by atoms with Crippen molar-refractivity contribution in [2.45, 2.75) is 0 Å². The zero-order chi connectivity index (χ0) is 3.41. The van der Waals surface area contributed by atoms with Gasteiger partial charge < -0.3 is 11.5 Å². The maximum absolute atomic E-state index is 4.90. The fourth-order valence-corrected chi connectivity index (χ4v) is 0. The first-order chi connectivity index (χ1) is 1.91. The molecule has 0 aliphatic rings. The molecule has 0 saturated carbocycles. The molecule has 32 valence electrons. The summed E-state index contributed by atoms with van der Waals surface area (Å²) in [7, 11) is 0. The van der Waals surface area contributed by atoms with E-state index in [4.69, 9.17) is 11.5 Å². The summed E-state index contributed by atoms with van der Waals surface area (Å²) in [6.45, 7) is 1.19. The minimum Gasteiger partial charge on any atom is -0.329 e. The molecule has 2 radical (unpaired) electrons.